The lowest BCUT2D eigenvalue weighted by atomic mass is 9.83. The van der Waals surface area contributed by atoms with Crippen molar-refractivity contribution in [2.75, 3.05) is 6.54 Å². The first-order chi connectivity index (χ1) is 7.62. The molecule has 2 heteroatoms. The second kappa shape index (κ2) is 4.56. The van der Waals surface area contributed by atoms with Crippen molar-refractivity contribution >= 4 is 21.4 Å². The van der Waals surface area contributed by atoms with Gasteiger partial charge in [0, 0.05) is 4.70 Å². The normalized spacial score (nSPS) is 12.2. The number of hydrogen-bond acceptors (Lipinski definition) is 2. The van der Waals surface area contributed by atoms with Crippen LogP contribution in [0.5, 0.6) is 0 Å². The van der Waals surface area contributed by atoms with E-state index in [0.717, 1.165) is 19.4 Å². The second-order valence-corrected chi connectivity index (χ2v) is 6.05. The Morgan fingerprint density at radius 2 is 2.00 bits per heavy atom. The smallest absolute Gasteiger partial charge is 0.0345 e. The van der Waals surface area contributed by atoms with Crippen molar-refractivity contribution in [3.05, 3.63) is 35.2 Å². The molecule has 16 heavy (non-hydrogen) atoms. The van der Waals surface area contributed by atoms with E-state index in [1.807, 2.05) is 11.3 Å². The molecule has 2 aromatic rings. The molecule has 1 heterocycles. The average Bonchev–Trinajstić information content (AvgIpc) is 2.61. The van der Waals surface area contributed by atoms with Crippen LogP contribution >= 0.6 is 11.3 Å². The van der Waals surface area contributed by atoms with Crippen molar-refractivity contribution in [1.82, 2.24) is 0 Å². The standard InChI is InChI=1S/C14H19NS/c1-14(2,7-8-15)9-11-10-16-13-6-4-3-5-12(11)13/h3-6,10H,7-9,15H2,1-2H3. The van der Waals surface area contributed by atoms with E-state index in [4.69, 9.17) is 5.73 Å². The summed E-state index contributed by atoms with van der Waals surface area (Å²) in [5.74, 6) is 0. The first-order valence-electron chi connectivity index (χ1n) is 5.77. The third-order valence-corrected chi connectivity index (χ3v) is 4.06. The molecule has 0 aliphatic carbocycles. The molecule has 1 aromatic heterocycles. The predicted molar refractivity (Wildman–Crippen MR) is 73.0 cm³/mol. The molecular formula is C14H19NS. The Morgan fingerprint density at radius 3 is 2.75 bits per heavy atom. The van der Waals surface area contributed by atoms with Gasteiger partial charge in [-0.25, -0.2) is 0 Å². The molecular weight excluding hydrogens is 214 g/mol. The van der Waals surface area contributed by atoms with Crippen molar-refractivity contribution in [1.29, 1.82) is 0 Å². The van der Waals surface area contributed by atoms with Gasteiger partial charge in [-0.3, -0.25) is 0 Å². The zero-order valence-electron chi connectivity index (χ0n) is 9.99. The molecule has 0 atom stereocenters. The van der Waals surface area contributed by atoms with E-state index in [2.05, 4.69) is 43.5 Å². The van der Waals surface area contributed by atoms with Gasteiger partial charge in [0.2, 0.25) is 0 Å². The minimum Gasteiger partial charge on any atom is -0.330 e. The third kappa shape index (κ3) is 2.45. The largest absolute Gasteiger partial charge is 0.330 e. The van der Waals surface area contributed by atoms with Crippen LogP contribution in [0.25, 0.3) is 10.1 Å². The van der Waals surface area contributed by atoms with Crippen LogP contribution < -0.4 is 5.73 Å². The maximum absolute atomic E-state index is 5.66. The minimum atomic E-state index is 0.304. The van der Waals surface area contributed by atoms with E-state index in [-0.39, 0.29) is 0 Å². The molecule has 0 aliphatic heterocycles. The van der Waals surface area contributed by atoms with Gasteiger partial charge in [-0.05, 0) is 47.2 Å². The van der Waals surface area contributed by atoms with Crippen LogP contribution in [0.3, 0.4) is 0 Å². The van der Waals surface area contributed by atoms with Crippen molar-refractivity contribution in [3.63, 3.8) is 0 Å². The summed E-state index contributed by atoms with van der Waals surface area (Å²) in [6.07, 6.45) is 2.20. The van der Waals surface area contributed by atoms with Gasteiger partial charge in [0.1, 0.15) is 0 Å². The monoisotopic (exact) mass is 233 g/mol. The lowest BCUT2D eigenvalue weighted by molar-refractivity contribution is 0.340. The first-order valence-corrected chi connectivity index (χ1v) is 6.65. The van der Waals surface area contributed by atoms with Crippen LogP contribution in [-0.2, 0) is 6.42 Å². The van der Waals surface area contributed by atoms with E-state index < -0.39 is 0 Å². The molecule has 2 rings (SSSR count). The highest BCUT2D eigenvalue weighted by atomic mass is 32.1. The van der Waals surface area contributed by atoms with Crippen molar-refractivity contribution < 1.29 is 0 Å². The number of hydrogen-bond donors (Lipinski definition) is 1. The summed E-state index contributed by atoms with van der Waals surface area (Å²) < 4.78 is 1.39. The van der Waals surface area contributed by atoms with E-state index in [0.29, 0.717) is 5.41 Å². The van der Waals surface area contributed by atoms with Gasteiger partial charge in [-0.2, -0.15) is 0 Å². The fourth-order valence-corrected chi connectivity index (χ4v) is 3.13. The molecule has 0 saturated heterocycles. The number of rotatable bonds is 4. The van der Waals surface area contributed by atoms with Gasteiger partial charge in [0.05, 0.1) is 0 Å². The zero-order valence-corrected chi connectivity index (χ0v) is 10.8. The Balaban J connectivity index is 2.27. The average molecular weight is 233 g/mol. The quantitative estimate of drug-likeness (QED) is 0.853. The SMILES string of the molecule is CC(C)(CCN)Cc1csc2ccccc12. The Kier molecular flexibility index (Phi) is 3.31. The summed E-state index contributed by atoms with van der Waals surface area (Å²) in [5, 5.41) is 3.71. The second-order valence-electron chi connectivity index (χ2n) is 5.14. The third-order valence-electron chi connectivity index (χ3n) is 3.05. The molecule has 0 saturated carbocycles. The van der Waals surface area contributed by atoms with Crippen molar-refractivity contribution in [3.8, 4) is 0 Å². The molecule has 0 bridgehead atoms. The summed E-state index contributed by atoms with van der Waals surface area (Å²) in [4.78, 5) is 0. The lowest BCUT2D eigenvalue weighted by Crippen LogP contribution is -2.19. The number of benzene rings is 1. The Labute approximate surface area is 101 Å². The summed E-state index contributed by atoms with van der Waals surface area (Å²) in [7, 11) is 0. The van der Waals surface area contributed by atoms with Crippen molar-refractivity contribution in [2.24, 2.45) is 11.1 Å². The Bertz CT molecular complexity index is 470. The molecule has 0 spiro atoms. The molecule has 1 aromatic carbocycles. The lowest BCUT2D eigenvalue weighted by Gasteiger charge is -2.23. The highest BCUT2D eigenvalue weighted by molar-refractivity contribution is 7.17. The number of nitrogens with two attached hydrogens (primary N) is 1. The van der Waals surface area contributed by atoms with Crippen LogP contribution in [0.2, 0.25) is 0 Å². The zero-order chi connectivity index (χ0) is 11.6. The van der Waals surface area contributed by atoms with Crippen LogP contribution in [0, 0.1) is 5.41 Å². The van der Waals surface area contributed by atoms with E-state index >= 15 is 0 Å². The first kappa shape index (κ1) is 11.6. The molecule has 1 nitrogen and oxygen atoms in total. The Hall–Kier alpha value is -0.860. The molecule has 0 radical (unpaired) electrons. The highest BCUT2D eigenvalue weighted by Gasteiger charge is 2.19. The molecule has 0 amide bonds. The molecule has 2 N–H and O–H groups in total. The molecule has 0 aliphatic rings. The van der Waals surface area contributed by atoms with Gasteiger partial charge in [-0.1, -0.05) is 32.0 Å². The van der Waals surface area contributed by atoms with Crippen LogP contribution in [0.15, 0.2) is 29.6 Å². The summed E-state index contributed by atoms with van der Waals surface area (Å²) >= 11 is 1.84. The van der Waals surface area contributed by atoms with E-state index in [9.17, 15) is 0 Å². The topological polar surface area (TPSA) is 26.0 Å². The summed E-state index contributed by atoms with van der Waals surface area (Å²) in [5.41, 5.74) is 7.43. The van der Waals surface area contributed by atoms with E-state index in [1.54, 1.807) is 0 Å². The minimum absolute atomic E-state index is 0.304. The fraction of sp³-hybridized carbons (Fsp3) is 0.429. The van der Waals surface area contributed by atoms with Gasteiger partial charge in [-0.15, -0.1) is 11.3 Å². The van der Waals surface area contributed by atoms with Crippen LogP contribution in [-0.4, -0.2) is 6.54 Å². The Morgan fingerprint density at radius 1 is 1.25 bits per heavy atom. The van der Waals surface area contributed by atoms with Crippen LogP contribution in [0.1, 0.15) is 25.8 Å². The van der Waals surface area contributed by atoms with Crippen LogP contribution in [0.4, 0.5) is 0 Å². The van der Waals surface area contributed by atoms with Gasteiger partial charge in [0.15, 0.2) is 0 Å². The summed E-state index contributed by atoms with van der Waals surface area (Å²) in [6.45, 7) is 5.37. The predicted octanol–water partition coefficient (Wildman–Crippen LogP) is 3.82. The van der Waals surface area contributed by atoms with Crippen molar-refractivity contribution in [2.45, 2.75) is 26.7 Å². The molecule has 86 valence electrons. The molecule has 0 unspecified atom stereocenters. The van der Waals surface area contributed by atoms with Gasteiger partial charge < -0.3 is 5.73 Å². The maximum atomic E-state index is 5.66. The highest BCUT2D eigenvalue weighted by Crippen LogP contribution is 2.32. The fourth-order valence-electron chi connectivity index (χ4n) is 2.16. The van der Waals surface area contributed by atoms with Gasteiger partial charge in [0.25, 0.3) is 0 Å². The number of fused-ring (bicyclic) bond motifs is 1. The van der Waals surface area contributed by atoms with E-state index in [1.165, 1.54) is 15.6 Å². The molecule has 0 fully saturated rings. The maximum Gasteiger partial charge on any atom is 0.0345 e. The summed E-state index contributed by atoms with van der Waals surface area (Å²) in [6, 6.07) is 8.64. The van der Waals surface area contributed by atoms with Gasteiger partial charge >= 0.3 is 0 Å². The number of thiophene rings is 1.